The third kappa shape index (κ3) is 1.79. The number of carbonyl (C=O) groups is 2. The molecular weight excluding hydrogens is 232 g/mol. The highest BCUT2D eigenvalue weighted by molar-refractivity contribution is 6.31. The largest absolute Gasteiger partial charge is 0.481 e. The fraction of sp³-hybridized carbons (Fsp3) is 0.0909. The van der Waals surface area contributed by atoms with Gasteiger partial charge < -0.3 is 9.52 Å². The van der Waals surface area contributed by atoms with Crippen LogP contribution in [0.5, 0.6) is 0 Å². The van der Waals surface area contributed by atoms with E-state index in [0.717, 1.165) is 0 Å². The maximum Gasteiger partial charge on any atom is 0.307 e. The molecule has 2 rings (SSSR count). The van der Waals surface area contributed by atoms with Crippen LogP contribution in [-0.2, 0) is 11.2 Å². The molecule has 5 heteroatoms. The summed E-state index contributed by atoms with van der Waals surface area (Å²) in [5, 5.41) is 9.81. The summed E-state index contributed by atoms with van der Waals surface area (Å²) in [6.45, 7) is 0. The van der Waals surface area contributed by atoms with Crippen molar-refractivity contribution < 1.29 is 19.1 Å². The van der Waals surface area contributed by atoms with Gasteiger partial charge in [0.2, 0.25) is 0 Å². The van der Waals surface area contributed by atoms with Crippen LogP contribution in [0.2, 0.25) is 5.02 Å². The molecular formula is C11H7ClO4. The molecule has 0 saturated carbocycles. The van der Waals surface area contributed by atoms with Crippen molar-refractivity contribution in [2.75, 3.05) is 0 Å². The smallest absolute Gasteiger partial charge is 0.307 e. The van der Waals surface area contributed by atoms with E-state index in [1.54, 1.807) is 18.2 Å². The van der Waals surface area contributed by atoms with E-state index in [0.29, 0.717) is 27.8 Å². The third-order valence-electron chi connectivity index (χ3n) is 2.22. The molecule has 0 aliphatic carbocycles. The van der Waals surface area contributed by atoms with Crippen molar-refractivity contribution in [1.82, 2.24) is 0 Å². The van der Waals surface area contributed by atoms with Crippen LogP contribution in [0.4, 0.5) is 0 Å². The molecule has 0 aliphatic heterocycles. The molecule has 0 atom stereocenters. The monoisotopic (exact) mass is 238 g/mol. The molecule has 0 fully saturated rings. The van der Waals surface area contributed by atoms with Gasteiger partial charge in [-0.2, -0.15) is 0 Å². The number of rotatable bonds is 3. The van der Waals surface area contributed by atoms with Crippen LogP contribution in [0.1, 0.15) is 16.1 Å². The molecule has 16 heavy (non-hydrogen) atoms. The lowest BCUT2D eigenvalue weighted by atomic mass is 10.1. The quantitative estimate of drug-likeness (QED) is 0.835. The first-order valence-electron chi connectivity index (χ1n) is 4.49. The number of fused-ring (bicyclic) bond motifs is 1. The second-order valence-electron chi connectivity index (χ2n) is 3.27. The zero-order valence-electron chi connectivity index (χ0n) is 8.07. The standard InChI is InChI=1S/C11H7ClO4/c12-6-1-2-7-8(4-11(14)15)10(5-13)16-9(7)3-6/h1-3,5H,4H2,(H,14,15). The Morgan fingerprint density at radius 1 is 1.50 bits per heavy atom. The highest BCUT2D eigenvalue weighted by atomic mass is 35.5. The number of carboxylic acids is 1. The summed E-state index contributed by atoms with van der Waals surface area (Å²) in [6.07, 6.45) is 0.259. The van der Waals surface area contributed by atoms with Crippen LogP contribution in [0.3, 0.4) is 0 Å². The minimum Gasteiger partial charge on any atom is -0.481 e. The molecule has 1 heterocycles. The molecule has 0 bridgehead atoms. The van der Waals surface area contributed by atoms with Gasteiger partial charge in [-0.15, -0.1) is 0 Å². The lowest BCUT2D eigenvalue weighted by Crippen LogP contribution is -2.01. The van der Waals surface area contributed by atoms with Crippen molar-refractivity contribution in [1.29, 1.82) is 0 Å². The summed E-state index contributed by atoms with van der Waals surface area (Å²) in [5.74, 6) is -0.972. The van der Waals surface area contributed by atoms with Gasteiger partial charge >= 0.3 is 5.97 Å². The van der Waals surface area contributed by atoms with Crippen molar-refractivity contribution >= 4 is 34.8 Å². The number of carboxylic acid groups (broad SMARTS) is 1. The van der Waals surface area contributed by atoms with Crippen molar-refractivity contribution in [3.8, 4) is 0 Å². The number of carbonyl (C=O) groups excluding carboxylic acids is 1. The number of furan rings is 1. The summed E-state index contributed by atoms with van der Waals surface area (Å²) in [6, 6.07) is 4.82. The summed E-state index contributed by atoms with van der Waals surface area (Å²) in [5.41, 5.74) is 0.806. The van der Waals surface area contributed by atoms with Crippen molar-refractivity contribution in [2.45, 2.75) is 6.42 Å². The van der Waals surface area contributed by atoms with E-state index in [-0.39, 0.29) is 12.2 Å². The lowest BCUT2D eigenvalue weighted by molar-refractivity contribution is -0.136. The van der Waals surface area contributed by atoms with Crippen LogP contribution in [0.25, 0.3) is 11.0 Å². The molecule has 2 aromatic rings. The summed E-state index contributed by atoms with van der Waals surface area (Å²) < 4.78 is 5.21. The van der Waals surface area contributed by atoms with Gasteiger partial charge in [0, 0.05) is 22.0 Å². The lowest BCUT2D eigenvalue weighted by Gasteiger charge is -1.94. The Kier molecular flexibility index (Phi) is 2.66. The first kappa shape index (κ1) is 10.7. The number of halogens is 1. The molecule has 0 amide bonds. The molecule has 0 radical (unpaired) electrons. The van der Waals surface area contributed by atoms with E-state index in [2.05, 4.69) is 0 Å². The van der Waals surface area contributed by atoms with Gasteiger partial charge in [-0.1, -0.05) is 11.6 Å². The van der Waals surface area contributed by atoms with Gasteiger partial charge in [-0.05, 0) is 12.1 Å². The van der Waals surface area contributed by atoms with E-state index in [4.69, 9.17) is 21.1 Å². The first-order valence-corrected chi connectivity index (χ1v) is 4.87. The van der Waals surface area contributed by atoms with Crippen LogP contribution < -0.4 is 0 Å². The van der Waals surface area contributed by atoms with Gasteiger partial charge in [0.1, 0.15) is 5.58 Å². The molecule has 0 aliphatic rings. The number of aliphatic carboxylic acids is 1. The number of benzene rings is 1. The fourth-order valence-corrected chi connectivity index (χ4v) is 1.73. The molecule has 82 valence electrons. The average Bonchev–Trinajstić information content (AvgIpc) is 2.55. The van der Waals surface area contributed by atoms with E-state index >= 15 is 0 Å². The average molecular weight is 239 g/mol. The Hall–Kier alpha value is -1.81. The van der Waals surface area contributed by atoms with Crippen molar-refractivity contribution in [3.63, 3.8) is 0 Å². The minimum absolute atomic E-state index is 0.0414. The normalized spacial score (nSPS) is 10.6. The molecule has 1 N–H and O–H groups in total. The van der Waals surface area contributed by atoms with Crippen LogP contribution in [0.15, 0.2) is 22.6 Å². The minimum atomic E-state index is -1.01. The van der Waals surface area contributed by atoms with Gasteiger partial charge in [0.15, 0.2) is 12.0 Å². The Labute approximate surface area is 95.4 Å². The van der Waals surface area contributed by atoms with E-state index in [9.17, 15) is 9.59 Å². The maximum absolute atomic E-state index is 10.7. The second kappa shape index (κ2) is 3.98. The van der Waals surface area contributed by atoms with Crippen LogP contribution in [-0.4, -0.2) is 17.4 Å². The zero-order valence-corrected chi connectivity index (χ0v) is 8.82. The number of hydrogen-bond donors (Lipinski definition) is 1. The van der Waals surface area contributed by atoms with Crippen LogP contribution in [0, 0.1) is 0 Å². The van der Waals surface area contributed by atoms with Crippen molar-refractivity contribution in [3.05, 3.63) is 34.5 Å². The summed E-state index contributed by atoms with van der Waals surface area (Å²) in [4.78, 5) is 21.4. The second-order valence-corrected chi connectivity index (χ2v) is 3.71. The van der Waals surface area contributed by atoms with Gasteiger partial charge in [-0.25, -0.2) is 0 Å². The van der Waals surface area contributed by atoms with Gasteiger partial charge in [0.05, 0.1) is 6.42 Å². The highest BCUT2D eigenvalue weighted by Gasteiger charge is 2.16. The first-order chi connectivity index (χ1) is 7.61. The van der Waals surface area contributed by atoms with E-state index in [1.165, 1.54) is 0 Å². The SMILES string of the molecule is O=Cc1oc2cc(Cl)ccc2c1CC(=O)O. The maximum atomic E-state index is 10.7. The van der Waals surface area contributed by atoms with Gasteiger partial charge in [0.25, 0.3) is 0 Å². The summed E-state index contributed by atoms with van der Waals surface area (Å²) in [7, 11) is 0. The molecule has 1 aromatic heterocycles. The topological polar surface area (TPSA) is 67.5 Å². The number of hydrogen-bond acceptors (Lipinski definition) is 3. The van der Waals surface area contributed by atoms with Crippen molar-refractivity contribution in [2.24, 2.45) is 0 Å². The summed E-state index contributed by atoms with van der Waals surface area (Å²) >= 11 is 5.76. The molecule has 0 spiro atoms. The molecule has 0 unspecified atom stereocenters. The predicted octanol–water partition coefficient (Wildman–Crippen LogP) is 2.53. The molecule has 4 nitrogen and oxygen atoms in total. The molecule has 1 aromatic carbocycles. The number of aldehydes is 1. The fourth-order valence-electron chi connectivity index (χ4n) is 1.57. The zero-order chi connectivity index (χ0) is 11.7. The highest BCUT2D eigenvalue weighted by Crippen LogP contribution is 2.27. The Morgan fingerprint density at radius 2 is 2.25 bits per heavy atom. The Balaban J connectivity index is 2.68. The third-order valence-corrected chi connectivity index (χ3v) is 2.46. The predicted molar refractivity (Wildman–Crippen MR) is 58.0 cm³/mol. The van der Waals surface area contributed by atoms with Gasteiger partial charge in [-0.3, -0.25) is 9.59 Å². The molecule has 0 saturated heterocycles. The van der Waals surface area contributed by atoms with Crippen LogP contribution >= 0.6 is 11.6 Å². The van der Waals surface area contributed by atoms with E-state index < -0.39 is 5.97 Å². The Morgan fingerprint density at radius 3 is 2.88 bits per heavy atom. The van der Waals surface area contributed by atoms with E-state index in [1.807, 2.05) is 0 Å². The Bertz CT molecular complexity index is 571.